The van der Waals surface area contributed by atoms with Crippen LogP contribution in [-0.4, -0.2) is 8.61 Å². The van der Waals surface area contributed by atoms with Crippen molar-refractivity contribution < 1.29 is 8.63 Å². The second-order valence-corrected chi connectivity index (χ2v) is 4.04. The Morgan fingerprint density at radius 2 is 2.33 bits per heavy atom. The standard InChI is InChI=1S/C6H7N3O2S/c7-12(8,10)5-1-2-9-3-4-11-6(5)9/h1-4H,(H3,7,8,10). The van der Waals surface area contributed by atoms with E-state index in [1.165, 1.54) is 12.3 Å². The first-order valence-electron chi connectivity index (χ1n) is 3.20. The topological polar surface area (TPSA) is 84.5 Å². The quantitative estimate of drug-likeness (QED) is 0.689. The van der Waals surface area contributed by atoms with Crippen LogP contribution in [-0.2, 0) is 9.92 Å². The summed E-state index contributed by atoms with van der Waals surface area (Å²) in [5.41, 5.74) is 0.373. The number of aromatic nitrogens is 1. The van der Waals surface area contributed by atoms with Crippen molar-refractivity contribution in [3.05, 3.63) is 24.7 Å². The number of nitrogens with zero attached hydrogens (tertiary/aromatic N) is 1. The highest BCUT2D eigenvalue weighted by atomic mass is 32.2. The summed E-state index contributed by atoms with van der Waals surface area (Å²) in [7, 11) is -3.17. The van der Waals surface area contributed by atoms with E-state index in [0.717, 1.165) is 0 Å². The maximum atomic E-state index is 11.1. The molecule has 0 spiro atoms. The van der Waals surface area contributed by atoms with Gasteiger partial charge in [-0.2, -0.15) is 0 Å². The minimum Gasteiger partial charge on any atom is -0.445 e. The van der Waals surface area contributed by atoms with Crippen molar-refractivity contribution >= 4 is 15.6 Å². The lowest BCUT2D eigenvalue weighted by atomic mass is 10.7. The summed E-state index contributed by atoms with van der Waals surface area (Å²) in [5.74, 6) is 0. The second kappa shape index (κ2) is 2.11. The van der Waals surface area contributed by atoms with E-state index in [9.17, 15) is 4.21 Å². The molecule has 1 unspecified atom stereocenters. The molecule has 3 N–H and O–H groups in total. The lowest BCUT2D eigenvalue weighted by Gasteiger charge is -1.93. The number of rotatable bonds is 1. The highest BCUT2D eigenvalue weighted by molar-refractivity contribution is 7.90. The average Bonchev–Trinajstić information content (AvgIpc) is 2.37. The highest BCUT2D eigenvalue weighted by Gasteiger charge is 2.12. The Hall–Kier alpha value is -1.27. The third-order valence-electron chi connectivity index (χ3n) is 1.56. The van der Waals surface area contributed by atoms with Gasteiger partial charge in [0.15, 0.2) is 0 Å². The maximum Gasteiger partial charge on any atom is 0.221 e. The van der Waals surface area contributed by atoms with E-state index in [-0.39, 0.29) is 4.90 Å². The molecule has 0 bridgehead atoms. The van der Waals surface area contributed by atoms with E-state index in [1.807, 2.05) is 0 Å². The molecule has 0 aliphatic carbocycles. The van der Waals surface area contributed by atoms with Gasteiger partial charge in [0.2, 0.25) is 5.71 Å². The van der Waals surface area contributed by atoms with Crippen molar-refractivity contribution in [1.29, 1.82) is 4.78 Å². The molecule has 0 aromatic carbocycles. The van der Waals surface area contributed by atoms with Gasteiger partial charge in [-0.15, -0.1) is 0 Å². The Balaban J connectivity index is 2.87. The number of nitrogens with two attached hydrogens (primary N) is 1. The van der Waals surface area contributed by atoms with Crippen LogP contribution < -0.4 is 5.14 Å². The van der Waals surface area contributed by atoms with Gasteiger partial charge >= 0.3 is 0 Å². The van der Waals surface area contributed by atoms with Gasteiger partial charge in [-0.05, 0) is 6.07 Å². The number of nitrogens with one attached hydrogen (secondary N) is 1. The van der Waals surface area contributed by atoms with E-state index in [2.05, 4.69) is 0 Å². The van der Waals surface area contributed by atoms with Crippen molar-refractivity contribution in [3.8, 4) is 0 Å². The average molecular weight is 185 g/mol. The van der Waals surface area contributed by atoms with E-state index in [4.69, 9.17) is 14.3 Å². The zero-order valence-corrected chi connectivity index (χ0v) is 6.88. The first-order chi connectivity index (χ1) is 5.59. The Kier molecular flexibility index (Phi) is 1.30. The molecule has 2 rings (SSSR count). The van der Waals surface area contributed by atoms with Crippen LogP contribution in [0, 0.1) is 4.78 Å². The monoisotopic (exact) mass is 185 g/mol. The normalized spacial score (nSPS) is 16.4. The fourth-order valence-electron chi connectivity index (χ4n) is 1.04. The van der Waals surface area contributed by atoms with Gasteiger partial charge in [0.25, 0.3) is 0 Å². The van der Waals surface area contributed by atoms with Crippen LogP contribution in [0.15, 0.2) is 34.0 Å². The van der Waals surface area contributed by atoms with Crippen molar-refractivity contribution in [2.75, 3.05) is 0 Å². The Morgan fingerprint density at radius 3 is 3.00 bits per heavy atom. The van der Waals surface area contributed by atoms with Crippen LogP contribution in [0.25, 0.3) is 5.71 Å². The van der Waals surface area contributed by atoms with Crippen LogP contribution in [0.3, 0.4) is 0 Å². The summed E-state index contributed by atoms with van der Waals surface area (Å²) in [6.07, 6.45) is 4.75. The van der Waals surface area contributed by atoms with E-state index < -0.39 is 9.92 Å². The van der Waals surface area contributed by atoms with Crippen molar-refractivity contribution in [2.24, 2.45) is 5.14 Å². The molecule has 12 heavy (non-hydrogen) atoms. The molecular formula is C6H7N3O2S. The van der Waals surface area contributed by atoms with Crippen LogP contribution in [0.4, 0.5) is 0 Å². The van der Waals surface area contributed by atoms with Gasteiger partial charge in [-0.1, -0.05) is 0 Å². The van der Waals surface area contributed by atoms with Crippen molar-refractivity contribution in [3.63, 3.8) is 0 Å². The van der Waals surface area contributed by atoms with Crippen LogP contribution in [0.2, 0.25) is 0 Å². The largest absolute Gasteiger partial charge is 0.445 e. The molecule has 0 aliphatic heterocycles. The molecule has 2 aromatic heterocycles. The minimum absolute atomic E-state index is 0.229. The SMILES string of the molecule is N=S(N)(=O)c1ccn2ccoc12. The molecule has 2 heterocycles. The predicted octanol–water partition coefficient (Wildman–Crippen LogP) is 0.812. The predicted molar refractivity (Wildman–Crippen MR) is 43.0 cm³/mol. The van der Waals surface area contributed by atoms with Gasteiger partial charge in [0.05, 0.1) is 0 Å². The van der Waals surface area contributed by atoms with Crippen molar-refractivity contribution in [1.82, 2.24) is 4.40 Å². The third-order valence-corrected chi connectivity index (χ3v) is 2.52. The Morgan fingerprint density at radius 1 is 1.58 bits per heavy atom. The fourth-order valence-corrected chi connectivity index (χ4v) is 1.72. The number of fused-ring (bicyclic) bond motifs is 1. The molecule has 6 heteroatoms. The molecule has 0 radical (unpaired) electrons. The number of hydrogen-bond donors (Lipinski definition) is 2. The van der Waals surface area contributed by atoms with Crippen LogP contribution >= 0.6 is 0 Å². The summed E-state index contributed by atoms with van der Waals surface area (Å²) in [6.45, 7) is 0. The molecule has 2 aromatic rings. The summed E-state index contributed by atoms with van der Waals surface area (Å²) < 4.78 is 24.9. The van der Waals surface area contributed by atoms with Gasteiger partial charge < -0.3 is 4.42 Å². The van der Waals surface area contributed by atoms with E-state index >= 15 is 0 Å². The summed E-state index contributed by atoms with van der Waals surface area (Å²) >= 11 is 0. The molecule has 0 aliphatic rings. The van der Waals surface area contributed by atoms with Gasteiger partial charge in [0, 0.05) is 12.4 Å². The molecule has 64 valence electrons. The summed E-state index contributed by atoms with van der Waals surface area (Å²) in [4.78, 5) is 0.229. The molecular weight excluding hydrogens is 178 g/mol. The molecule has 5 nitrogen and oxygen atoms in total. The van der Waals surface area contributed by atoms with Crippen molar-refractivity contribution in [2.45, 2.75) is 4.90 Å². The lowest BCUT2D eigenvalue weighted by Crippen LogP contribution is -2.09. The Labute approximate surface area is 68.9 Å². The molecule has 0 amide bonds. The van der Waals surface area contributed by atoms with Gasteiger partial charge in [-0.3, -0.25) is 4.40 Å². The summed E-state index contributed by atoms with van der Waals surface area (Å²) in [5, 5.41) is 5.15. The maximum absolute atomic E-state index is 11.1. The molecule has 1 atom stereocenters. The highest BCUT2D eigenvalue weighted by Crippen LogP contribution is 2.17. The van der Waals surface area contributed by atoms with Gasteiger partial charge in [0.1, 0.15) is 21.1 Å². The van der Waals surface area contributed by atoms with E-state index in [1.54, 1.807) is 16.8 Å². The van der Waals surface area contributed by atoms with Crippen LogP contribution in [0.5, 0.6) is 0 Å². The zero-order chi connectivity index (χ0) is 8.77. The smallest absolute Gasteiger partial charge is 0.221 e. The first-order valence-corrected chi connectivity index (χ1v) is 4.82. The van der Waals surface area contributed by atoms with E-state index in [0.29, 0.717) is 5.71 Å². The molecule has 0 saturated carbocycles. The first kappa shape index (κ1) is 7.38. The zero-order valence-electron chi connectivity index (χ0n) is 6.06. The second-order valence-electron chi connectivity index (χ2n) is 2.40. The third kappa shape index (κ3) is 0.926. The number of hydrogen-bond acceptors (Lipinski definition) is 3. The van der Waals surface area contributed by atoms with Crippen LogP contribution in [0.1, 0.15) is 0 Å². The fraction of sp³-hybridized carbons (Fsp3) is 0. The summed E-state index contributed by atoms with van der Waals surface area (Å²) in [6, 6.07) is 1.52. The molecule has 0 fully saturated rings. The number of oxazole rings is 1. The molecule has 0 saturated heterocycles. The lowest BCUT2D eigenvalue weighted by molar-refractivity contribution is 0.598. The van der Waals surface area contributed by atoms with Gasteiger partial charge in [-0.25, -0.2) is 14.1 Å². The minimum atomic E-state index is -3.17. The Bertz CT molecular complexity index is 508.